The zero-order valence-corrected chi connectivity index (χ0v) is 34.6. The van der Waals surface area contributed by atoms with Crippen molar-refractivity contribution in [3.8, 4) is 0 Å². The SMILES string of the molecule is CC(C)(C)CCCCCCCCCCCCCCCC(=O)O.CC(C)(C)CCCCCCCCCCCCCCCC(=O)O.[Zn]. The molecule has 0 saturated carbocycles. The quantitative estimate of drug-likeness (QED) is 0.0581. The van der Waals surface area contributed by atoms with Crippen LogP contribution in [0.15, 0.2) is 0 Å². The minimum Gasteiger partial charge on any atom is -0.481 e. The van der Waals surface area contributed by atoms with Crippen molar-refractivity contribution >= 4 is 11.9 Å². The molecule has 0 aromatic heterocycles. The van der Waals surface area contributed by atoms with Crippen molar-refractivity contribution in [3.05, 3.63) is 0 Å². The third kappa shape index (κ3) is 53.3. The average molecular weight is 690 g/mol. The fourth-order valence-electron chi connectivity index (χ4n) is 5.75. The molecule has 2 N–H and O–H groups in total. The molecule has 0 unspecified atom stereocenters. The van der Waals surface area contributed by atoms with Crippen LogP contribution in [0.5, 0.6) is 0 Å². The van der Waals surface area contributed by atoms with Crippen molar-refractivity contribution in [2.24, 2.45) is 10.8 Å². The van der Waals surface area contributed by atoms with Gasteiger partial charge in [0, 0.05) is 32.3 Å². The first-order valence-corrected chi connectivity index (χ1v) is 19.3. The van der Waals surface area contributed by atoms with E-state index >= 15 is 0 Å². The van der Waals surface area contributed by atoms with Gasteiger partial charge in [-0.3, -0.25) is 9.59 Å². The smallest absolute Gasteiger partial charge is 0.303 e. The molecule has 45 heavy (non-hydrogen) atoms. The number of carboxylic acids is 2. The molecule has 0 bridgehead atoms. The van der Waals surface area contributed by atoms with Crippen molar-refractivity contribution in [2.75, 3.05) is 0 Å². The minimum absolute atomic E-state index is 0. The monoisotopic (exact) mass is 689 g/mol. The topological polar surface area (TPSA) is 74.6 Å². The van der Waals surface area contributed by atoms with Gasteiger partial charge in [-0.1, -0.05) is 196 Å². The van der Waals surface area contributed by atoms with Crippen molar-refractivity contribution in [1.29, 1.82) is 0 Å². The average Bonchev–Trinajstić information content (AvgIpc) is 2.92. The third-order valence-electron chi connectivity index (χ3n) is 8.63. The van der Waals surface area contributed by atoms with E-state index in [1.165, 1.54) is 154 Å². The molecule has 0 aliphatic heterocycles. The number of carboxylic acid groups (broad SMARTS) is 2. The first kappa shape index (κ1) is 49.0. The summed E-state index contributed by atoms with van der Waals surface area (Å²) in [6.07, 6.45) is 37.3. The second kappa shape index (κ2) is 34.9. The van der Waals surface area contributed by atoms with Crippen LogP contribution < -0.4 is 0 Å². The zero-order valence-electron chi connectivity index (χ0n) is 31.6. The van der Waals surface area contributed by atoms with Crippen LogP contribution in [-0.2, 0) is 29.1 Å². The van der Waals surface area contributed by atoms with Crippen LogP contribution in [0.25, 0.3) is 0 Å². The predicted octanol–water partition coefficient (Wildman–Crippen LogP) is 13.9. The van der Waals surface area contributed by atoms with Crippen LogP contribution in [0, 0.1) is 10.8 Å². The van der Waals surface area contributed by atoms with Gasteiger partial charge in [-0.05, 0) is 36.5 Å². The molecule has 0 spiro atoms. The standard InChI is InChI=1S/2C20H40O2.Zn/c2*1-20(2,3)18-16-14-12-10-8-6-4-5-7-9-11-13-15-17-19(21)22;/h2*4-18H2,1-3H3,(H,21,22);. The predicted molar refractivity (Wildman–Crippen MR) is 193 cm³/mol. The molecular formula is C40H80O4Zn. The maximum atomic E-state index is 10.4. The normalized spacial score (nSPS) is 11.5. The molecule has 4 nitrogen and oxygen atoms in total. The Morgan fingerprint density at radius 2 is 0.489 bits per heavy atom. The summed E-state index contributed by atoms with van der Waals surface area (Å²) in [4.78, 5) is 20.7. The van der Waals surface area contributed by atoms with E-state index in [0.29, 0.717) is 23.7 Å². The third-order valence-corrected chi connectivity index (χ3v) is 8.63. The summed E-state index contributed by atoms with van der Waals surface area (Å²) in [5, 5.41) is 17.1. The Kier molecular flexibility index (Phi) is 38.0. The molecule has 0 aromatic rings. The Hall–Kier alpha value is -0.437. The Bertz CT molecular complexity index is 567. The van der Waals surface area contributed by atoms with Gasteiger partial charge in [0.1, 0.15) is 0 Å². The van der Waals surface area contributed by atoms with Crippen LogP contribution >= 0.6 is 0 Å². The van der Waals surface area contributed by atoms with E-state index in [0.717, 1.165) is 25.7 Å². The van der Waals surface area contributed by atoms with Crippen molar-refractivity contribution < 1.29 is 39.3 Å². The van der Waals surface area contributed by atoms with Crippen LogP contribution in [-0.4, -0.2) is 22.2 Å². The molecule has 0 atom stereocenters. The van der Waals surface area contributed by atoms with Crippen LogP contribution in [0.2, 0.25) is 0 Å². The van der Waals surface area contributed by atoms with E-state index in [2.05, 4.69) is 41.5 Å². The second-order valence-electron chi connectivity index (χ2n) is 16.1. The molecule has 0 aliphatic carbocycles. The van der Waals surface area contributed by atoms with E-state index in [9.17, 15) is 9.59 Å². The van der Waals surface area contributed by atoms with E-state index in [4.69, 9.17) is 10.2 Å². The minimum atomic E-state index is -0.654. The van der Waals surface area contributed by atoms with E-state index in [-0.39, 0.29) is 19.5 Å². The fraction of sp³-hybridized carbons (Fsp3) is 0.950. The molecule has 0 amide bonds. The summed E-state index contributed by atoms with van der Waals surface area (Å²) in [6, 6.07) is 0. The first-order chi connectivity index (χ1) is 20.8. The Morgan fingerprint density at radius 3 is 0.644 bits per heavy atom. The van der Waals surface area contributed by atoms with Crippen molar-refractivity contribution in [1.82, 2.24) is 0 Å². The Balaban J connectivity index is -0.000000767. The maximum absolute atomic E-state index is 10.4. The van der Waals surface area contributed by atoms with E-state index in [1.54, 1.807) is 0 Å². The molecular weight excluding hydrogens is 610 g/mol. The van der Waals surface area contributed by atoms with Gasteiger partial charge in [0.05, 0.1) is 0 Å². The molecule has 0 fully saturated rings. The van der Waals surface area contributed by atoms with Gasteiger partial charge >= 0.3 is 11.9 Å². The largest absolute Gasteiger partial charge is 0.481 e. The van der Waals surface area contributed by atoms with E-state index in [1.807, 2.05) is 0 Å². The molecule has 266 valence electrons. The number of hydrogen-bond acceptors (Lipinski definition) is 2. The van der Waals surface area contributed by atoms with Gasteiger partial charge in [-0.25, -0.2) is 0 Å². The first-order valence-electron chi connectivity index (χ1n) is 19.3. The molecule has 0 saturated heterocycles. The summed E-state index contributed by atoms with van der Waals surface area (Å²) < 4.78 is 0. The fourth-order valence-corrected chi connectivity index (χ4v) is 5.75. The van der Waals surface area contributed by atoms with Crippen LogP contribution in [0.4, 0.5) is 0 Å². The summed E-state index contributed by atoms with van der Waals surface area (Å²) in [7, 11) is 0. The molecule has 5 heteroatoms. The van der Waals surface area contributed by atoms with Crippen LogP contribution in [0.3, 0.4) is 0 Å². The Labute approximate surface area is 295 Å². The van der Waals surface area contributed by atoms with Gasteiger partial charge in [0.2, 0.25) is 0 Å². The van der Waals surface area contributed by atoms with Gasteiger partial charge in [-0.15, -0.1) is 0 Å². The number of carbonyl (C=O) groups is 2. The van der Waals surface area contributed by atoms with Crippen LogP contribution in [0.1, 0.15) is 234 Å². The maximum Gasteiger partial charge on any atom is 0.303 e. The summed E-state index contributed by atoms with van der Waals surface area (Å²) >= 11 is 0. The number of rotatable bonds is 30. The number of unbranched alkanes of at least 4 members (excludes halogenated alkanes) is 24. The summed E-state index contributed by atoms with van der Waals surface area (Å²) in [5.74, 6) is -1.31. The second-order valence-corrected chi connectivity index (χ2v) is 16.1. The number of aliphatic carboxylic acids is 2. The Morgan fingerprint density at radius 1 is 0.333 bits per heavy atom. The molecule has 0 rings (SSSR count). The van der Waals surface area contributed by atoms with Gasteiger partial charge < -0.3 is 10.2 Å². The summed E-state index contributed by atoms with van der Waals surface area (Å²) in [5.41, 5.74) is 1.02. The summed E-state index contributed by atoms with van der Waals surface area (Å²) in [6.45, 7) is 14.0. The van der Waals surface area contributed by atoms with Gasteiger partial charge in [0.25, 0.3) is 0 Å². The van der Waals surface area contributed by atoms with E-state index < -0.39 is 11.9 Å². The zero-order chi connectivity index (χ0) is 33.4. The molecule has 0 aromatic carbocycles. The van der Waals surface area contributed by atoms with Gasteiger partial charge in [-0.2, -0.15) is 0 Å². The molecule has 0 aliphatic rings. The number of hydrogen-bond donors (Lipinski definition) is 2. The molecule has 0 heterocycles. The van der Waals surface area contributed by atoms with Gasteiger partial charge in [0.15, 0.2) is 0 Å². The molecule has 0 radical (unpaired) electrons. The van der Waals surface area contributed by atoms with Crippen molar-refractivity contribution in [2.45, 2.75) is 234 Å². The van der Waals surface area contributed by atoms with Crippen molar-refractivity contribution in [3.63, 3.8) is 0 Å².